The Morgan fingerprint density at radius 3 is 2.85 bits per heavy atom. The summed E-state index contributed by atoms with van der Waals surface area (Å²) in [6, 6.07) is 10.1. The Bertz CT molecular complexity index is 369. The number of benzene rings is 1. The van der Waals surface area contributed by atoms with Gasteiger partial charge in [-0.05, 0) is 43.8 Å². The van der Waals surface area contributed by atoms with Crippen molar-refractivity contribution in [1.82, 2.24) is 4.90 Å². The van der Waals surface area contributed by atoms with Crippen LogP contribution in [0.2, 0.25) is 0 Å². The molecule has 2 rings (SSSR count). The number of nitrogens with zero attached hydrogens (tertiary/aromatic N) is 1. The van der Waals surface area contributed by atoms with Crippen molar-refractivity contribution >= 4 is 0 Å². The van der Waals surface area contributed by atoms with Gasteiger partial charge >= 0.3 is 0 Å². The van der Waals surface area contributed by atoms with Crippen molar-refractivity contribution in [3.05, 3.63) is 35.9 Å². The normalized spacial score (nSPS) is 22.4. The van der Waals surface area contributed by atoms with E-state index in [1.54, 1.807) is 0 Å². The van der Waals surface area contributed by atoms with E-state index in [2.05, 4.69) is 11.8 Å². The van der Waals surface area contributed by atoms with Crippen LogP contribution in [0.15, 0.2) is 30.3 Å². The van der Waals surface area contributed by atoms with Gasteiger partial charge in [0.05, 0.1) is 19.3 Å². The molecule has 2 unspecified atom stereocenters. The summed E-state index contributed by atoms with van der Waals surface area (Å²) in [5.41, 5.74) is 1.16. The molecule has 112 valence electrons. The summed E-state index contributed by atoms with van der Waals surface area (Å²) < 4.78 is 5.60. The van der Waals surface area contributed by atoms with E-state index in [1.807, 2.05) is 30.3 Å². The van der Waals surface area contributed by atoms with E-state index in [-0.39, 0.29) is 6.10 Å². The Morgan fingerprint density at radius 1 is 1.25 bits per heavy atom. The number of β-amino-alcohol motifs (C(OH)–C–C–N with tert-alkyl or cyclic N) is 1. The molecule has 0 bridgehead atoms. The van der Waals surface area contributed by atoms with Crippen molar-refractivity contribution < 1.29 is 9.84 Å². The smallest absolute Gasteiger partial charge is 0.0900 e. The highest BCUT2D eigenvalue weighted by Crippen LogP contribution is 2.16. The monoisotopic (exact) mass is 277 g/mol. The predicted molar refractivity (Wildman–Crippen MR) is 81.6 cm³/mol. The second kappa shape index (κ2) is 8.40. The highest BCUT2D eigenvalue weighted by molar-refractivity contribution is 5.13. The third kappa shape index (κ3) is 5.61. The molecule has 1 aromatic carbocycles. The lowest BCUT2D eigenvalue weighted by Crippen LogP contribution is -2.35. The van der Waals surface area contributed by atoms with Gasteiger partial charge in [-0.2, -0.15) is 0 Å². The van der Waals surface area contributed by atoms with Crippen LogP contribution in [0.4, 0.5) is 0 Å². The van der Waals surface area contributed by atoms with Crippen molar-refractivity contribution in [1.29, 1.82) is 0 Å². The number of aliphatic hydroxyl groups excluding tert-OH is 1. The molecule has 1 aliphatic heterocycles. The Balaban J connectivity index is 1.63. The zero-order valence-corrected chi connectivity index (χ0v) is 12.5. The summed E-state index contributed by atoms with van der Waals surface area (Å²) in [4.78, 5) is 2.38. The van der Waals surface area contributed by atoms with Gasteiger partial charge in [-0.25, -0.2) is 0 Å². The zero-order chi connectivity index (χ0) is 14.2. The van der Waals surface area contributed by atoms with Crippen molar-refractivity contribution in [2.24, 2.45) is 5.92 Å². The number of likely N-dealkylation sites (tertiary alicyclic amines) is 1. The Morgan fingerprint density at radius 2 is 2.05 bits per heavy atom. The average Bonchev–Trinajstić information content (AvgIpc) is 2.65. The first-order valence-corrected chi connectivity index (χ1v) is 7.76. The Labute approximate surface area is 122 Å². The summed E-state index contributed by atoms with van der Waals surface area (Å²) in [7, 11) is 0. The molecule has 1 heterocycles. The SMILES string of the molecule is CC1CCCN(CC(O)COCc2ccccc2)CC1. The van der Waals surface area contributed by atoms with Crippen molar-refractivity contribution in [3.8, 4) is 0 Å². The maximum Gasteiger partial charge on any atom is 0.0900 e. The lowest BCUT2D eigenvalue weighted by Gasteiger charge is -2.23. The molecule has 1 aromatic rings. The van der Waals surface area contributed by atoms with Crippen LogP contribution in [0, 0.1) is 5.92 Å². The molecule has 0 radical (unpaired) electrons. The van der Waals surface area contributed by atoms with Crippen LogP contribution in [0.25, 0.3) is 0 Å². The van der Waals surface area contributed by atoms with Gasteiger partial charge in [0.2, 0.25) is 0 Å². The first kappa shape index (κ1) is 15.5. The first-order valence-electron chi connectivity index (χ1n) is 7.76. The molecule has 0 spiro atoms. The second-order valence-corrected chi connectivity index (χ2v) is 5.99. The molecule has 0 aliphatic carbocycles. The van der Waals surface area contributed by atoms with E-state index in [4.69, 9.17) is 4.74 Å². The number of rotatable bonds is 6. The zero-order valence-electron chi connectivity index (χ0n) is 12.5. The fourth-order valence-electron chi connectivity index (χ4n) is 2.74. The minimum Gasteiger partial charge on any atom is -0.389 e. The van der Waals surface area contributed by atoms with Crippen LogP contribution in [0.1, 0.15) is 31.7 Å². The lowest BCUT2D eigenvalue weighted by atomic mass is 10.0. The molecule has 1 aliphatic rings. The summed E-state index contributed by atoms with van der Waals surface area (Å²) >= 11 is 0. The number of ether oxygens (including phenoxy) is 1. The van der Waals surface area contributed by atoms with Crippen LogP contribution in [0.5, 0.6) is 0 Å². The summed E-state index contributed by atoms with van der Waals surface area (Å²) in [6.45, 7) is 6.28. The molecule has 1 fully saturated rings. The minimum absolute atomic E-state index is 0.382. The van der Waals surface area contributed by atoms with E-state index in [0.717, 1.165) is 31.1 Å². The van der Waals surface area contributed by atoms with E-state index in [1.165, 1.54) is 19.3 Å². The molecule has 3 heteroatoms. The Kier molecular flexibility index (Phi) is 6.51. The maximum absolute atomic E-state index is 10.1. The largest absolute Gasteiger partial charge is 0.389 e. The van der Waals surface area contributed by atoms with Crippen molar-refractivity contribution in [3.63, 3.8) is 0 Å². The molecule has 1 saturated heterocycles. The predicted octanol–water partition coefficient (Wildman–Crippen LogP) is 2.69. The quantitative estimate of drug-likeness (QED) is 0.868. The molecule has 0 amide bonds. The third-order valence-corrected chi connectivity index (χ3v) is 4.00. The van der Waals surface area contributed by atoms with Crippen LogP contribution in [-0.4, -0.2) is 42.4 Å². The molecule has 0 saturated carbocycles. The maximum atomic E-state index is 10.1. The van der Waals surface area contributed by atoms with Crippen LogP contribution < -0.4 is 0 Å². The molecule has 1 N–H and O–H groups in total. The third-order valence-electron chi connectivity index (χ3n) is 4.00. The molecule has 0 aromatic heterocycles. The summed E-state index contributed by atoms with van der Waals surface area (Å²) in [6.07, 6.45) is 3.43. The topological polar surface area (TPSA) is 32.7 Å². The summed E-state index contributed by atoms with van der Waals surface area (Å²) in [5.74, 6) is 0.825. The molecular weight excluding hydrogens is 250 g/mol. The van der Waals surface area contributed by atoms with E-state index >= 15 is 0 Å². The van der Waals surface area contributed by atoms with Crippen molar-refractivity contribution in [2.75, 3.05) is 26.2 Å². The number of hydrogen-bond acceptors (Lipinski definition) is 3. The first-order chi connectivity index (χ1) is 9.74. The molecule has 20 heavy (non-hydrogen) atoms. The van der Waals surface area contributed by atoms with E-state index < -0.39 is 0 Å². The van der Waals surface area contributed by atoms with Gasteiger partial charge in [0.1, 0.15) is 0 Å². The standard InChI is InChI=1S/C17H27NO2/c1-15-6-5-10-18(11-9-15)12-17(19)14-20-13-16-7-3-2-4-8-16/h2-4,7-8,15,17,19H,5-6,9-14H2,1H3. The van der Waals surface area contributed by atoms with Gasteiger partial charge in [-0.1, -0.05) is 37.3 Å². The van der Waals surface area contributed by atoms with E-state index in [9.17, 15) is 5.11 Å². The van der Waals surface area contributed by atoms with Crippen LogP contribution >= 0.6 is 0 Å². The van der Waals surface area contributed by atoms with E-state index in [0.29, 0.717) is 13.2 Å². The minimum atomic E-state index is -0.382. The van der Waals surface area contributed by atoms with Gasteiger partial charge < -0.3 is 14.7 Å². The van der Waals surface area contributed by atoms with Gasteiger partial charge in [0.15, 0.2) is 0 Å². The van der Waals surface area contributed by atoms with Crippen LogP contribution in [-0.2, 0) is 11.3 Å². The van der Waals surface area contributed by atoms with Gasteiger partial charge in [-0.15, -0.1) is 0 Å². The van der Waals surface area contributed by atoms with Gasteiger partial charge in [0.25, 0.3) is 0 Å². The highest BCUT2D eigenvalue weighted by Gasteiger charge is 2.16. The lowest BCUT2D eigenvalue weighted by molar-refractivity contribution is 0.0103. The van der Waals surface area contributed by atoms with Gasteiger partial charge in [-0.3, -0.25) is 0 Å². The second-order valence-electron chi connectivity index (χ2n) is 5.99. The molecule has 3 nitrogen and oxygen atoms in total. The highest BCUT2D eigenvalue weighted by atomic mass is 16.5. The Hall–Kier alpha value is -0.900. The summed E-state index contributed by atoms with van der Waals surface area (Å²) in [5, 5.41) is 10.1. The van der Waals surface area contributed by atoms with Gasteiger partial charge in [0, 0.05) is 6.54 Å². The molecular formula is C17H27NO2. The van der Waals surface area contributed by atoms with Crippen molar-refractivity contribution in [2.45, 2.75) is 38.9 Å². The number of aliphatic hydroxyl groups is 1. The fourth-order valence-corrected chi connectivity index (χ4v) is 2.74. The van der Waals surface area contributed by atoms with Crippen LogP contribution in [0.3, 0.4) is 0 Å². The number of hydrogen-bond donors (Lipinski definition) is 1. The molecule has 2 atom stereocenters. The fraction of sp³-hybridized carbons (Fsp3) is 0.647. The average molecular weight is 277 g/mol.